The number of aliphatic carboxylic acids is 1. The average molecular weight is 268 g/mol. The molecule has 2 heterocycles. The number of carbonyl (C=O) groups excluding carboxylic acids is 1. The maximum atomic E-state index is 11.9. The van der Waals surface area contributed by atoms with E-state index < -0.39 is 17.9 Å². The zero-order valence-electron chi connectivity index (χ0n) is 10.5. The average Bonchev–Trinajstić information content (AvgIpc) is 2.99. The van der Waals surface area contributed by atoms with Crippen molar-refractivity contribution in [1.29, 1.82) is 0 Å². The highest BCUT2D eigenvalue weighted by Crippen LogP contribution is 2.14. The number of rotatable bonds is 4. The fraction of sp³-hybridized carbons (Fsp3) is 0.545. The highest BCUT2D eigenvalue weighted by molar-refractivity contribution is 5.77. The lowest BCUT2D eigenvalue weighted by molar-refractivity contribution is -0.142. The number of urea groups is 1. The van der Waals surface area contributed by atoms with Gasteiger partial charge in [-0.15, -0.1) is 0 Å². The van der Waals surface area contributed by atoms with E-state index >= 15 is 0 Å². The second-order valence-corrected chi connectivity index (χ2v) is 4.50. The SMILES string of the molecule is CN(Cc1cn[nH]c1)C(=O)NC1COCC1C(=O)O. The fourth-order valence-electron chi connectivity index (χ4n) is 1.92. The first-order chi connectivity index (χ1) is 9.08. The van der Waals surface area contributed by atoms with Crippen molar-refractivity contribution in [2.24, 2.45) is 5.92 Å². The summed E-state index contributed by atoms with van der Waals surface area (Å²) >= 11 is 0. The molecule has 0 radical (unpaired) electrons. The third kappa shape index (κ3) is 3.22. The second-order valence-electron chi connectivity index (χ2n) is 4.50. The van der Waals surface area contributed by atoms with Gasteiger partial charge in [-0.1, -0.05) is 0 Å². The molecule has 1 saturated heterocycles. The van der Waals surface area contributed by atoms with E-state index in [1.54, 1.807) is 19.4 Å². The van der Waals surface area contributed by atoms with E-state index in [2.05, 4.69) is 15.5 Å². The van der Waals surface area contributed by atoms with Crippen LogP contribution in [0.15, 0.2) is 12.4 Å². The van der Waals surface area contributed by atoms with Crippen molar-refractivity contribution in [3.8, 4) is 0 Å². The van der Waals surface area contributed by atoms with E-state index in [4.69, 9.17) is 9.84 Å². The van der Waals surface area contributed by atoms with Crippen LogP contribution in [0.3, 0.4) is 0 Å². The van der Waals surface area contributed by atoms with Gasteiger partial charge >= 0.3 is 12.0 Å². The maximum Gasteiger partial charge on any atom is 0.317 e. The molecule has 0 bridgehead atoms. The molecule has 104 valence electrons. The number of H-pyrrole nitrogens is 1. The van der Waals surface area contributed by atoms with Crippen LogP contribution >= 0.6 is 0 Å². The van der Waals surface area contributed by atoms with Gasteiger partial charge in [0.05, 0.1) is 32.0 Å². The number of hydrogen-bond acceptors (Lipinski definition) is 4. The van der Waals surface area contributed by atoms with E-state index in [1.165, 1.54) is 4.90 Å². The molecule has 3 N–H and O–H groups in total. The maximum absolute atomic E-state index is 11.9. The Morgan fingerprint density at radius 3 is 3.05 bits per heavy atom. The number of carbonyl (C=O) groups is 2. The van der Waals surface area contributed by atoms with Gasteiger partial charge in [0.25, 0.3) is 0 Å². The summed E-state index contributed by atoms with van der Waals surface area (Å²) in [6, 6.07) is -0.820. The molecule has 2 unspecified atom stereocenters. The van der Waals surface area contributed by atoms with Crippen molar-refractivity contribution in [2.45, 2.75) is 12.6 Å². The van der Waals surface area contributed by atoms with Crippen molar-refractivity contribution in [3.63, 3.8) is 0 Å². The van der Waals surface area contributed by atoms with Gasteiger partial charge in [0, 0.05) is 18.8 Å². The molecule has 0 spiro atoms. The zero-order chi connectivity index (χ0) is 13.8. The third-order valence-corrected chi connectivity index (χ3v) is 3.03. The Morgan fingerprint density at radius 2 is 2.42 bits per heavy atom. The van der Waals surface area contributed by atoms with Crippen LogP contribution in [-0.4, -0.2) is 58.5 Å². The molecular weight excluding hydrogens is 252 g/mol. The molecule has 8 nitrogen and oxygen atoms in total. The van der Waals surface area contributed by atoms with Gasteiger partial charge in [0.1, 0.15) is 5.92 Å². The molecule has 0 aromatic carbocycles. The predicted octanol–water partition coefficient (Wildman–Crippen LogP) is -0.349. The van der Waals surface area contributed by atoms with Gasteiger partial charge in [-0.25, -0.2) is 4.79 Å². The Balaban J connectivity index is 1.88. The van der Waals surface area contributed by atoms with Crippen LogP contribution in [0.1, 0.15) is 5.56 Å². The normalized spacial score (nSPS) is 22.2. The molecule has 1 aliphatic rings. The fourth-order valence-corrected chi connectivity index (χ4v) is 1.92. The molecular formula is C11H16N4O4. The molecule has 8 heteroatoms. The van der Waals surface area contributed by atoms with E-state index in [1.807, 2.05) is 0 Å². The Morgan fingerprint density at radius 1 is 1.63 bits per heavy atom. The van der Waals surface area contributed by atoms with Gasteiger partial charge in [-0.3, -0.25) is 9.89 Å². The van der Waals surface area contributed by atoms with Gasteiger partial charge in [0.15, 0.2) is 0 Å². The third-order valence-electron chi connectivity index (χ3n) is 3.03. The van der Waals surface area contributed by atoms with E-state index in [0.717, 1.165) is 5.56 Å². The summed E-state index contributed by atoms with van der Waals surface area (Å²) in [6.45, 7) is 0.752. The summed E-state index contributed by atoms with van der Waals surface area (Å²) in [7, 11) is 1.63. The molecule has 1 fully saturated rings. The number of aromatic nitrogens is 2. The Kier molecular flexibility index (Phi) is 4.00. The van der Waals surface area contributed by atoms with Crippen molar-refractivity contribution < 1.29 is 19.4 Å². The number of nitrogens with zero attached hydrogens (tertiary/aromatic N) is 2. The topological polar surface area (TPSA) is 108 Å². The number of aromatic amines is 1. The van der Waals surface area contributed by atoms with Crippen LogP contribution in [0.2, 0.25) is 0 Å². The molecule has 0 aliphatic carbocycles. The first-order valence-corrected chi connectivity index (χ1v) is 5.87. The highest BCUT2D eigenvalue weighted by Gasteiger charge is 2.35. The van der Waals surface area contributed by atoms with Crippen LogP contribution in [0, 0.1) is 5.92 Å². The lowest BCUT2D eigenvalue weighted by atomic mass is 10.0. The molecule has 1 aromatic rings. The lowest BCUT2D eigenvalue weighted by Gasteiger charge is -2.21. The van der Waals surface area contributed by atoms with Crippen molar-refractivity contribution in [3.05, 3.63) is 18.0 Å². The second kappa shape index (κ2) is 5.70. The highest BCUT2D eigenvalue weighted by atomic mass is 16.5. The van der Waals surface area contributed by atoms with E-state index in [9.17, 15) is 9.59 Å². The lowest BCUT2D eigenvalue weighted by Crippen LogP contribution is -2.47. The number of hydrogen-bond donors (Lipinski definition) is 3. The monoisotopic (exact) mass is 268 g/mol. The van der Waals surface area contributed by atoms with Gasteiger partial charge in [0.2, 0.25) is 0 Å². The summed E-state index contributed by atoms with van der Waals surface area (Å²) < 4.78 is 5.09. The predicted molar refractivity (Wildman–Crippen MR) is 64.3 cm³/mol. The van der Waals surface area contributed by atoms with Crippen LogP contribution in [0.25, 0.3) is 0 Å². The number of nitrogens with one attached hydrogen (secondary N) is 2. The molecule has 2 amide bonds. The summed E-state index contributed by atoms with van der Waals surface area (Å²) in [6.07, 6.45) is 3.32. The zero-order valence-corrected chi connectivity index (χ0v) is 10.5. The molecule has 2 rings (SSSR count). The Hall–Kier alpha value is -2.09. The van der Waals surface area contributed by atoms with Gasteiger partial charge in [-0.05, 0) is 0 Å². The van der Waals surface area contributed by atoms with E-state index in [-0.39, 0.29) is 19.2 Å². The number of amides is 2. The molecule has 0 saturated carbocycles. The Labute approximate surface area is 109 Å². The van der Waals surface area contributed by atoms with Crippen molar-refractivity contribution >= 4 is 12.0 Å². The standard InChI is InChI=1S/C11H16N4O4/c1-15(4-7-2-12-13-3-7)11(18)14-9-6-19-5-8(9)10(16)17/h2-3,8-9H,4-6H2,1H3,(H,12,13)(H,14,18)(H,16,17). The van der Waals surface area contributed by atoms with E-state index in [0.29, 0.717) is 6.54 Å². The minimum Gasteiger partial charge on any atom is -0.481 e. The first-order valence-electron chi connectivity index (χ1n) is 5.87. The summed E-state index contributed by atoms with van der Waals surface area (Å²) in [5, 5.41) is 18.1. The number of carboxylic acids is 1. The summed E-state index contributed by atoms with van der Waals surface area (Å²) in [4.78, 5) is 24.4. The first kappa shape index (κ1) is 13.3. The number of carboxylic acid groups (broad SMARTS) is 1. The molecule has 1 aromatic heterocycles. The van der Waals surface area contributed by atoms with Crippen LogP contribution < -0.4 is 5.32 Å². The minimum atomic E-state index is -0.958. The van der Waals surface area contributed by atoms with Gasteiger partial charge < -0.3 is 20.1 Å². The molecule has 1 aliphatic heterocycles. The summed E-state index contributed by atoms with van der Waals surface area (Å²) in [5.74, 6) is -1.65. The molecule has 2 atom stereocenters. The Bertz CT molecular complexity index is 448. The largest absolute Gasteiger partial charge is 0.481 e. The van der Waals surface area contributed by atoms with Crippen LogP contribution in [0.5, 0.6) is 0 Å². The van der Waals surface area contributed by atoms with Crippen molar-refractivity contribution in [1.82, 2.24) is 20.4 Å². The quantitative estimate of drug-likeness (QED) is 0.692. The van der Waals surface area contributed by atoms with Crippen LogP contribution in [0.4, 0.5) is 4.79 Å². The molecule has 19 heavy (non-hydrogen) atoms. The number of ether oxygens (including phenoxy) is 1. The van der Waals surface area contributed by atoms with Crippen LogP contribution in [-0.2, 0) is 16.1 Å². The van der Waals surface area contributed by atoms with Gasteiger partial charge in [-0.2, -0.15) is 5.10 Å². The minimum absolute atomic E-state index is 0.131. The van der Waals surface area contributed by atoms with Crippen molar-refractivity contribution in [2.75, 3.05) is 20.3 Å². The summed E-state index contributed by atoms with van der Waals surface area (Å²) in [5.41, 5.74) is 0.870. The smallest absolute Gasteiger partial charge is 0.317 e.